The van der Waals surface area contributed by atoms with Crippen molar-refractivity contribution >= 4 is 17.5 Å². The molecule has 30 heavy (non-hydrogen) atoms. The predicted octanol–water partition coefficient (Wildman–Crippen LogP) is 4.55. The van der Waals surface area contributed by atoms with Crippen LogP contribution in [0.25, 0.3) is 0 Å². The number of hydrogen-bond acceptors (Lipinski definition) is 5. The Kier molecular flexibility index (Phi) is 5.78. The fourth-order valence-electron chi connectivity index (χ4n) is 2.97. The second kappa shape index (κ2) is 7.87. The molecule has 0 aliphatic rings. The lowest BCUT2D eigenvalue weighted by atomic mass is 9.97. The van der Waals surface area contributed by atoms with Crippen LogP contribution in [-0.4, -0.2) is 25.8 Å². The third-order valence-electron chi connectivity index (χ3n) is 4.80. The van der Waals surface area contributed by atoms with Crippen LogP contribution < -0.4 is 5.32 Å². The summed E-state index contributed by atoms with van der Waals surface area (Å²) in [6.07, 6.45) is 0. The Balaban J connectivity index is 1.82. The van der Waals surface area contributed by atoms with Crippen LogP contribution >= 0.6 is 11.6 Å². The van der Waals surface area contributed by atoms with E-state index in [2.05, 4.69) is 20.6 Å². The maximum Gasteiger partial charge on any atom is 0.257 e. The lowest BCUT2D eigenvalue weighted by Gasteiger charge is -2.22. The predicted molar refractivity (Wildman–Crippen MR) is 116 cm³/mol. The average Bonchev–Trinajstić information content (AvgIpc) is 3.23. The van der Waals surface area contributed by atoms with E-state index in [9.17, 15) is 4.79 Å². The van der Waals surface area contributed by atoms with E-state index in [-0.39, 0.29) is 11.3 Å². The summed E-state index contributed by atoms with van der Waals surface area (Å²) in [5, 5.41) is 11.8. The summed E-state index contributed by atoms with van der Waals surface area (Å²) in [5.74, 6) is 0.585. The summed E-state index contributed by atoms with van der Waals surface area (Å²) < 4.78 is 7.01. The minimum Gasteiger partial charge on any atom is -0.340 e. The monoisotopic (exact) mass is 429 g/mol. The number of halogens is 1. The Labute approximate surface area is 181 Å². The van der Waals surface area contributed by atoms with Gasteiger partial charge in [0.05, 0.1) is 23.3 Å². The van der Waals surface area contributed by atoms with Crippen molar-refractivity contribution in [1.29, 1.82) is 0 Å². The highest BCUT2D eigenvalue weighted by atomic mass is 35.5. The lowest BCUT2D eigenvalue weighted by molar-refractivity contribution is 0.0907. The van der Waals surface area contributed by atoms with Gasteiger partial charge in [0.1, 0.15) is 5.15 Å². The van der Waals surface area contributed by atoms with Crippen molar-refractivity contribution in [2.24, 2.45) is 0 Å². The van der Waals surface area contributed by atoms with Crippen LogP contribution in [0.2, 0.25) is 5.15 Å². The number of rotatable bonds is 5. The van der Waals surface area contributed by atoms with E-state index in [1.165, 1.54) is 5.56 Å². The molecule has 0 saturated heterocycles. The van der Waals surface area contributed by atoms with Gasteiger partial charge in [-0.25, -0.2) is 4.68 Å². The molecule has 0 aliphatic carbocycles. The van der Waals surface area contributed by atoms with Crippen molar-refractivity contribution in [2.75, 3.05) is 0 Å². The molecular weight excluding hydrogens is 402 g/mol. The van der Waals surface area contributed by atoms with E-state index in [1.807, 2.05) is 65.8 Å². The molecule has 160 valence electrons. The molecule has 7 nitrogen and oxygen atoms in total. The fraction of sp³-hybridized carbons (Fsp3) is 0.455. The highest BCUT2D eigenvalue weighted by Gasteiger charge is 2.33. The summed E-state index contributed by atoms with van der Waals surface area (Å²) in [7, 11) is 0. The second-order valence-electron chi connectivity index (χ2n) is 9.15. The van der Waals surface area contributed by atoms with Gasteiger partial charge in [0.2, 0.25) is 5.89 Å². The Hall–Kier alpha value is -2.67. The molecule has 0 atom stereocenters. The normalized spacial score (nSPS) is 12.3. The molecule has 0 aliphatic heterocycles. The van der Waals surface area contributed by atoms with Gasteiger partial charge in [-0.3, -0.25) is 4.79 Å². The van der Waals surface area contributed by atoms with Crippen LogP contribution in [0.1, 0.15) is 73.5 Å². The molecule has 3 rings (SSSR count). The van der Waals surface area contributed by atoms with E-state index < -0.39 is 5.54 Å². The summed E-state index contributed by atoms with van der Waals surface area (Å²) in [6, 6.07) is 8.11. The minimum absolute atomic E-state index is 0.275. The zero-order valence-electron chi connectivity index (χ0n) is 18.5. The molecule has 8 heteroatoms. The van der Waals surface area contributed by atoms with Crippen LogP contribution in [0.15, 0.2) is 28.8 Å². The van der Waals surface area contributed by atoms with Gasteiger partial charge in [0, 0.05) is 5.41 Å². The van der Waals surface area contributed by atoms with Crippen LogP contribution in [0.5, 0.6) is 0 Å². The largest absolute Gasteiger partial charge is 0.340 e. The number of hydrogen-bond donors (Lipinski definition) is 1. The second-order valence-corrected chi connectivity index (χ2v) is 9.50. The van der Waals surface area contributed by atoms with Crippen molar-refractivity contribution in [2.45, 2.75) is 66.0 Å². The summed E-state index contributed by atoms with van der Waals surface area (Å²) in [5.41, 5.74) is 2.01. The molecule has 1 amide bonds. The number of aryl methyl sites for hydroxylation is 2. The smallest absolute Gasteiger partial charge is 0.257 e. The molecule has 3 aromatic rings. The molecule has 0 spiro atoms. The van der Waals surface area contributed by atoms with Crippen LogP contribution in [0, 0.1) is 13.8 Å². The van der Waals surface area contributed by atoms with Gasteiger partial charge in [-0.1, -0.05) is 67.4 Å². The first-order chi connectivity index (χ1) is 13.9. The number of carbonyl (C=O) groups is 1. The van der Waals surface area contributed by atoms with Crippen molar-refractivity contribution in [1.82, 2.24) is 25.2 Å². The zero-order valence-corrected chi connectivity index (χ0v) is 19.3. The standard InChI is InChI=1S/C22H28ClN5O2/c1-13-8-10-15(11-9-13)12-28-17(23)16(14(2)26-28)18(29)25-22(6,7)19-24-20(30-27-19)21(3,4)5/h8-11H,12H2,1-7H3,(H,25,29). The number of carbonyl (C=O) groups excluding carboxylic acids is 1. The van der Waals surface area contributed by atoms with Gasteiger partial charge in [0.15, 0.2) is 5.82 Å². The highest BCUT2D eigenvalue weighted by molar-refractivity contribution is 6.33. The summed E-state index contributed by atoms with van der Waals surface area (Å²) >= 11 is 6.53. The SMILES string of the molecule is Cc1ccc(Cn2nc(C)c(C(=O)NC(C)(C)c3noc(C(C)(C)C)n3)c2Cl)cc1. The van der Waals surface area contributed by atoms with Gasteiger partial charge in [0.25, 0.3) is 5.91 Å². The maximum atomic E-state index is 13.1. The van der Waals surface area contributed by atoms with Crippen LogP contribution in [0.3, 0.4) is 0 Å². The van der Waals surface area contributed by atoms with E-state index in [0.717, 1.165) is 5.56 Å². The summed E-state index contributed by atoms with van der Waals surface area (Å²) in [6.45, 7) is 13.9. The number of amides is 1. The Morgan fingerprint density at radius 1 is 1.13 bits per heavy atom. The molecule has 0 radical (unpaired) electrons. The first-order valence-electron chi connectivity index (χ1n) is 9.84. The number of aromatic nitrogens is 4. The molecule has 0 bridgehead atoms. The molecule has 1 N–H and O–H groups in total. The lowest BCUT2D eigenvalue weighted by Crippen LogP contribution is -2.42. The first kappa shape index (κ1) is 22.0. The van der Waals surface area contributed by atoms with Crippen LogP contribution in [-0.2, 0) is 17.5 Å². The molecule has 2 aromatic heterocycles. The molecule has 1 aromatic carbocycles. The third-order valence-corrected chi connectivity index (χ3v) is 5.18. The Morgan fingerprint density at radius 2 is 1.77 bits per heavy atom. The first-order valence-corrected chi connectivity index (χ1v) is 10.2. The van der Waals surface area contributed by atoms with Gasteiger partial charge in [-0.2, -0.15) is 10.1 Å². The minimum atomic E-state index is -0.848. The highest BCUT2D eigenvalue weighted by Crippen LogP contribution is 2.26. The zero-order chi connectivity index (χ0) is 22.3. The quantitative estimate of drug-likeness (QED) is 0.643. The molecule has 0 unspecified atom stereocenters. The van der Waals surface area contributed by atoms with E-state index in [1.54, 1.807) is 11.6 Å². The van der Waals surface area contributed by atoms with Gasteiger partial charge < -0.3 is 9.84 Å². The van der Waals surface area contributed by atoms with Crippen molar-refractivity contribution in [3.05, 3.63) is 63.5 Å². The van der Waals surface area contributed by atoms with E-state index >= 15 is 0 Å². The number of nitrogens with zero attached hydrogens (tertiary/aromatic N) is 4. The topological polar surface area (TPSA) is 85.8 Å². The Morgan fingerprint density at radius 3 is 2.33 bits per heavy atom. The van der Waals surface area contributed by atoms with E-state index in [4.69, 9.17) is 16.1 Å². The molecule has 2 heterocycles. The van der Waals surface area contributed by atoms with Crippen molar-refractivity contribution in [3.8, 4) is 0 Å². The molecule has 0 saturated carbocycles. The maximum absolute atomic E-state index is 13.1. The fourth-order valence-corrected chi connectivity index (χ4v) is 3.29. The van der Waals surface area contributed by atoms with E-state index in [0.29, 0.717) is 34.7 Å². The van der Waals surface area contributed by atoms with Gasteiger partial charge >= 0.3 is 0 Å². The third kappa shape index (κ3) is 4.56. The van der Waals surface area contributed by atoms with Crippen molar-refractivity contribution in [3.63, 3.8) is 0 Å². The molecular formula is C22H28ClN5O2. The number of nitrogens with one attached hydrogen (secondary N) is 1. The van der Waals surface area contributed by atoms with Gasteiger partial charge in [-0.15, -0.1) is 0 Å². The molecule has 0 fully saturated rings. The van der Waals surface area contributed by atoms with Gasteiger partial charge in [-0.05, 0) is 33.3 Å². The number of benzene rings is 1. The Bertz CT molecular complexity index is 1060. The average molecular weight is 430 g/mol. The summed E-state index contributed by atoms with van der Waals surface area (Å²) in [4.78, 5) is 17.5. The van der Waals surface area contributed by atoms with Crippen LogP contribution in [0.4, 0.5) is 0 Å². The van der Waals surface area contributed by atoms with Crippen molar-refractivity contribution < 1.29 is 9.32 Å².